The molecule has 0 radical (unpaired) electrons. The van der Waals surface area contributed by atoms with E-state index in [0.29, 0.717) is 11.6 Å². The maximum atomic E-state index is 10.9. The van der Waals surface area contributed by atoms with Crippen LogP contribution in [0.3, 0.4) is 0 Å². The second kappa shape index (κ2) is 6.45. The lowest BCUT2D eigenvalue weighted by atomic mass is 10.2. The first-order valence-electron chi connectivity index (χ1n) is 5.58. The van der Waals surface area contributed by atoms with Crippen molar-refractivity contribution in [2.24, 2.45) is 0 Å². The molecule has 0 saturated carbocycles. The van der Waals surface area contributed by atoms with Crippen LogP contribution in [-0.2, 0) is 5.88 Å². The van der Waals surface area contributed by atoms with Gasteiger partial charge in [0.15, 0.2) is 5.75 Å². The summed E-state index contributed by atoms with van der Waals surface area (Å²) in [6, 6.07) is 4.71. The molecular formula is C12H16ClNO3. The monoisotopic (exact) mass is 257 g/mol. The summed E-state index contributed by atoms with van der Waals surface area (Å²) >= 11 is 5.70. The van der Waals surface area contributed by atoms with Gasteiger partial charge in [0.1, 0.15) is 0 Å². The van der Waals surface area contributed by atoms with E-state index in [1.165, 1.54) is 6.07 Å². The van der Waals surface area contributed by atoms with Crippen molar-refractivity contribution in [1.82, 2.24) is 0 Å². The van der Waals surface area contributed by atoms with E-state index in [1.54, 1.807) is 12.1 Å². The predicted octanol–water partition coefficient (Wildman–Crippen LogP) is 3.90. The zero-order valence-electron chi connectivity index (χ0n) is 9.98. The van der Waals surface area contributed by atoms with Gasteiger partial charge in [0.05, 0.1) is 11.0 Å². The lowest BCUT2D eigenvalue weighted by Crippen LogP contribution is -2.12. The molecule has 1 aromatic carbocycles. The number of rotatable bonds is 6. The molecule has 1 aromatic rings. The minimum absolute atomic E-state index is 0.0122. The molecule has 0 aromatic heterocycles. The summed E-state index contributed by atoms with van der Waals surface area (Å²) in [7, 11) is 0. The third-order valence-corrected chi connectivity index (χ3v) is 2.71. The highest BCUT2D eigenvalue weighted by atomic mass is 35.5. The van der Waals surface area contributed by atoms with Crippen molar-refractivity contribution in [2.45, 2.75) is 38.7 Å². The SMILES string of the molecule is CCCC(C)Oc1cc(CCl)ccc1[N+](=O)[O-]. The summed E-state index contributed by atoms with van der Waals surface area (Å²) < 4.78 is 5.59. The maximum absolute atomic E-state index is 10.9. The molecule has 0 aliphatic carbocycles. The molecule has 0 saturated heterocycles. The highest BCUT2D eigenvalue weighted by Crippen LogP contribution is 2.29. The van der Waals surface area contributed by atoms with E-state index in [0.717, 1.165) is 18.4 Å². The van der Waals surface area contributed by atoms with Crippen LogP contribution in [0.2, 0.25) is 0 Å². The zero-order chi connectivity index (χ0) is 12.8. The minimum atomic E-state index is -0.438. The Kier molecular flexibility index (Phi) is 5.22. The van der Waals surface area contributed by atoms with Crippen LogP contribution in [0, 0.1) is 10.1 Å². The van der Waals surface area contributed by atoms with Crippen LogP contribution in [0.25, 0.3) is 0 Å². The molecule has 0 heterocycles. The summed E-state index contributed by atoms with van der Waals surface area (Å²) in [5.41, 5.74) is 0.804. The number of benzene rings is 1. The molecule has 4 nitrogen and oxygen atoms in total. The van der Waals surface area contributed by atoms with E-state index in [2.05, 4.69) is 0 Å². The highest BCUT2D eigenvalue weighted by molar-refractivity contribution is 6.17. The average molecular weight is 258 g/mol. The predicted molar refractivity (Wildman–Crippen MR) is 67.7 cm³/mol. The second-order valence-corrected chi connectivity index (χ2v) is 4.18. The first-order valence-corrected chi connectivity index (χ1v) is 6.11. The van der Waals surface area contributed by atoms with Crippen molar-refractivity contribution < 1.29 is 9.66 Å². The van der Waals surface area contributed by atoms with Crippen molar-refractivity contribution in [3.63, 3.8) is 0 Å². The first-order chi connectivity index (χ1) is 8.08. The average Bonchev–Trinajstić information content (AvgIpc) is 2.28. The molecule has 0 amide bonds. The first kappa shape index (κ1) is 13.8. The normalized spacial score (nSPS) is 12.2. The van der Waals surface area contributed by atoms with Crippen molar-refractivity contribution in [3.05, 3.63) is 33.9 Å². The molecule has 5 heteroatoms. The molecule has 94 valence electrons. The fraction of sp³-hybridized carbons (Fsp3) is 0.500. The fourth-order valence-electron chi connectivity index (χ4n) is 1.57. The van der Waals surface area contributed by atoms with Gasteiger partial charge in [0.2, 0.25) is 0 Å². The molecule has 1 rings (SSSR count). The van der Waals surface area contributed by atoms with Gasteiger partial charge in [-0.25, -0.2) is 0 Å². The summed E-state index contributed by atoms with van der Waals surface area (Å²) in [4.78, 5) is 10.4. The Balaban J connectivity index is 2.96. The third kappa shape index (κ3) is 3.89. The smallest absolute Gasteiger partial charge is 0.310 e. The summed E-state index contributed by atoms with van der Waals surface area (Å²) in [6.07, 6.45) is 1.80. The second-order valence-electron chi connectivity index (χ2n) is 3.91. The zero-order valence-corrected chi connectivity index (χ0v) is 10.7. The number of nitrogens with zero attached hydrogens (tertiary/aromatic N) is 1. The molecule has 0 aliphatic rings. The van der Waals surface area contributed by atoms with Gasteiger partial charge in [-0.3, -0.25) is 10.1 Å². The van der Waals surface area contributed by atoms with E-state index in [4.69, 9.17) is 16.3 Å². The van der Waals surface area contributed by atoms with Crippen molar-refractivity contribution in [2.75, 3.05) is 0 Å². The number of ether oxygens (including phenoxy) is 1. The summed E-state index contributed by atoms with van der Waals surface area (Å²) in [5, 5.41) is 10.9. The van der Waals surface area contributed by atoms with E-state index >= 15 is 0 Å². The molecule has 0 bridgehead atoms. The lowest BCUT2D eigenvalue weighted by Gasteiger charge is -2.14. The lowest BCUT2D eigenvalue weighted by molar-refractivity contribution is -0.386. The Morgan fingerprint density at radius 1 is 1.53 bits per heavy atom. The van der Waals surface area contributed by atoms with E-state index < -0.39 is 4.92 Å². The highest BCUT2D eigenvalue weighted by Gasteiger charge is 2.17. The number of alkyl halides is 1. The number of hydrogen-bond donors (Lipinski definition) is 0. The van der Waals surface area contributed by atoms with E-state index in [1.807, 2.05) is 13.8 Å². The van der Waals surface area contributed by atoms with Gasteiger partial charge in [0.25, 0.3) is 0 Å². The van der Waals surface area contributed by atoms with E-state index in [9.17, 15) is 10.1 Å². The maximum Gasteiger partial charge on any atom is 0.310 e. The van der Waals surface area contributed by atoms with Gasteiger partial charge in [-0.2, -0.15) is 0 Å². The topological polar surface area (TPSA) is 52.4 Å². The molecule has 1 unspecified atom stereocenters. The van der Waals surface area contributed by atoms with Crippen molar-refractivity contribution in [3.8, 4) is 5.75 Å². The fourth-order valence-corrected chi connectivity index (χ4v) is 1.74. The van der Waals surface area contributed by atoms with Gasteiger partial charge >= 0.3 is 5.69 Å². The van der Waals surface area contributed by atoms with Gasteiger partial charge in [0, 0.05) is 11.9 Å². The Morgan fingerprint density at radius 2 is 2.24 bits per heavy atom. The molecule has 0 spiro atoms. The Hall–Kier alpha value is -1.29. The number of halogens is 1. The van der Waals surface area contributed by atoms with Crippen LogP contribution in [0.1, 0.15) is 32.3 Å². The van der Waals surface area contributed by atoms with Gasteiger partial charge in [-0.05, 0) is 25.0 Å². The summed E-state index contributed by atoms with van der Waals surface area (Å²) in [6.45, 7) is 3.95. The Labute approximate surface area is 106 Å². The molecule has 17 heavy (non-hydrogen) atoms. The third-order valence-electron chi connectivity index (χ3n) is 2.40. The van der Waals surface area contributed by atoms with Gasteiger partial charge < -0.3 is 4.74 Å². The minimum Gasteiger partial charge on any atom is -0.484 e. The van der Waals surface area contributed by atoms with Crippen LogP contribution in [0.5, 0.6) is 5.75 Å². The number of nitro benzene ring substituents is 1. The molecular weight excluding hydrogens is 242 g/mol. The number of nitro groups is 1. The van der Waals surface area contributed by atoms with E-state index in [-0.39, 0.29) is 11.8 Å². The Morgan fingerprint density at radius 3 is 2.76 bits per heavy atom. The number of hydrogen-bond acceptors (Lipinski definition) is 3. The molecule has 0 fully saturated rings. The van der Waals surface area contributed by atoms with Crippen LogP contribution in [0.4, 0.5) is 5.69 Å². The molecule has 1 atom stereocenters. The van der Waals surface area contributed by atoms with Crippen molar-refractivity contribution in [1.29, 1.82) is 0 Å². The largest absolute Gasteiger partial charge is 0.484 e. The van der Waals surface area contributed by atoms with Crippen LogP contribution in [0.15, 0.2) is 18.2 Å². The Bertz CT molecular complexity index is 395. The van der Waals surface area contributed by atoms with Gasteiger partial charge in [-0.15, -0.1) is 11.6 Å². The van der Waals surface area contributed by atoms with Crippen molar-refractivity contribution >= 4 is 17.3 Å². The summed E-state index contributed by atoms with van der Waals surface area (Å²) in [5.74, 6) is 0.616. The molecule has 0 N–H and O–H groups in total. The van der Waals surface area contributed by atoms with Crippen LogP contribution < -0.4 is 4.74 Å². The standard InChI is InChI=1S/C12H16ClNO3/c1-3-4-9(2)17-12-7-10(8-13)5-6-11(12)14(15)16/h5-7,9H,3-4,8H2,1-2H3. The molecule has 0 aliphatic heterocycles. The van der Waals surface area contributed by atoms with Crippen LogP contribution >= 0.6 is 11.6 Å². The quantitative estimate of drug-likeness (QED) is 0.441. The van der Waals surface area contributed by atoms with Crippen LogP contribution in [-0.4, -0.2) is 11.0 Å². The van der Waals surface area contributed by atoms with Gasteiger partial charge in [-0.1, -0.05) is 19.4 Å².